The third-order valence-corrected chi connectivity index (χ3v) is 4.32. The van der Waals surface area contributed by atoms with Gasteiger partial charge in [0.1, 0.15) is 5.15 Å². The van der Waals surface area contributed by atoms with Gasteiger partial charge in [-0.25, -0.2) is 4.98 Å². The Balaban J connectivity index is 1.67. The van der Waals surface area contributed by atoms with Gasteiger partial charge >= 0.3 is 0 Å². The van der Waals surface area contributed by atoms with Crippen LogP contribution < -0.4 is 10.6 Å². The van der Waals surface area contributed by atoms with Gasteiger partial charge in [0, 0.05) is 38.4 Å². The van der Waals surface area contributed by atoms with Gasteiger partial charge in [-0.1, -0.05) is 17.7 Å². The Morgan fingerprint density at radius 3 is 2.82 bits per heavy atom. The maximum absolute atomic E-state index is 5.78. The van der Waals surface area contributed by atoms with Crippen LogP contribution in [0.1, 0.15) is 25.3 Å². The second-order valence-corrected chi connectivity index (χ2v) is 6.25. The first-order valence-electron chi connectivity index (χ1n) is 7.87. The standard InChI is InChI=1S/C16H26ClN5/c1-12(22(3)14-5-6-14)10-21-16(18-2)19-9-8-13-4-7-15(17)20-11-13/h4,7,11-12,14H,5-6,8-10H2,1-3H3,(H2,18,19,21). The van der Waals surface area contributed by atoms with Crippen LogP contribution in [-0.2, 0) is 6.42 Å². The van der Waals surface area contributed by atoms with Crippen molar-refractivity contribution in [1.82, 2.24) is 20.5 Å². The predicted molar refractivity (Wildman–Crippen MR) is 92.6 cm³/mol. The monoisotopic (exact) mass is 323 g/mol. The highest BCUT2D eigenvalue weighted by Gasteiger charge is 2.28. The molecule has 1 atom stereocenters. The number of aromatic nitrogens is 1. The average molecular weight is 324 g/mol. The van der Waals surface area contributed by atoms with Crippen LogP contribution in [0.3, 0.4) is 0 Å². The zero-order valence-electron chi connectivity index (χ0n) is 13.6. The Morgan fingerprint density at radius 2 is 2.23 bits per heavy atom. The number of hydrogen-bond donors (Lipinski definition) is 2. The lowest BCUT2D eigenvalue weighted by atomic mass is 10.2. The van der Waals surface area contributed by atoms with Gasteiger partial charge in [-0.3, -0.25) is 9.89 Å². The Labute approximate surface area is 138 Å². The predicted octanol–water partition coefficient (Wildman–Crippen LogP) is 1.93. The molecule has 0 radical (unpaired) electrons. The van der Waals surface area contributed by atoms with Gasteiger partial charge < -0.3 is 10.6 Å². The van der Waals surface area contributed by atoms with E-state index in [1.165, 1.54) is 12.8 Å². The fraction of sp³-hybridized carbons (Fsp3) is 0.625. The molecule has 1 fully saturated rings. The summed E-state index contributed by atoms with van der Waals surface area (Å²) >= 11 is 5.78. The second-order valence-electron chi connectivity index (χ2n) is 5.86. The van der Waals surface area contributed by atoms with E-state index in [4.69, 9.17) is 11.6 Å². The fourth-order valence-corrected chi connectivity index (χ4v) is 2.44. The van der Waals surface area contributed by atoms with E-state index in [9.17, 15) is 0 Å². The van der Waals surface area contributed by atoms with Crippen LogP contribution in [0.25, 0.3) is 0 Å². The number of rotatable bonds is 7. The molecule has 0 amide bonds. The van der Waals surface area contributed by atoms with Crippen molar-refractivity contribution in [2.45, 2.75) is 38.3 Å². The van der Waals surface area contributed by atoms with Crippen LogP contribution in [0.2, 0.25) is 5.15 Å². The van der Waals surface area contributed by atoms with Gasteiger partial charge in [-0.2, -0.15) is 0 Å². The zero-order valence-corrected chi connectivity index (χ0v) is 14.4. The molecule has 6 heteroatoms. The van der Waals surface area contributed by atoms with Gasteiger partial charge in [-0.15, -0.1) is 0 Å². The normalized spacial score (nSPS) is 16.7. The molecule has 0 bridgehead atoms. The van der Waals surface area contributed by atoms with Crippen molar-refractivity contribution in [2.75, 3.05) is 27.2 Å². The summed E-state index contributed by atoms with van der Waals surface area (Å²) in [4.78, 5) is 10.8. The smallest absolute Gasteiger partial charge is 0.191 e. The molecule has 22 heavy (non-hydrogen) atoms. The van der Waals surface area contributed by atoms with Gasteiger partial charge in [-0.05, 0) is 44.9 Å². The first kappa shape index (κ1) is 17.0. The summed E-state index contributed by atoms with van der Waals surface area (Å²) in [7, 11) is 4.00. The van der Waals surface area contributed by atoms with Crippen LogP contribution >= 0.6 is 11.6 Å². The molecule has 0 aromatic carbocycles. The summed E-state index contributed by atoms with van der Waals surface area (Å²) in [6.07, 6.45) is 5.38. The molecular formula is C16H26ClN5. The highest BCUT2D eigenvalue weighted by atomic mass is 35.5. The molecule has 0 spiro atoms. The Kier molecular flexibility index (Phi) is 6.46. The maximum Gasteiger partial charge on any atom is 0.191 e. The number of aliphatic imine (C=N–C) groups is 1. The van der Waals surface area contributed by atoms with Crippen LogP contribution in [0.15, 0.2) is 23.3 Å². The lowest BCUT2D eigenvalue weighted by molar-refractivity contribution is 0.247. The van der Waals surface area contributed by atoms with Gasteiger partial charge in [0.25, 0.3) is 0 Å². The Bertz CT molecular complexity index is 484. The number of nitrogens with zero attached hydrogens (tertiary/aromatic N) is 3. The lowest BCUT2D eigenvalue weighted by Gasteiger charge is -2.25. The molecule has 0 aliphatic heterocycles. The molecular weight excluding hydrogens is 298 g/mol. The van der Waals surface area contributed by atoms with E-state index in [-0.39, 0.29) is 0 Å². The third-order valence-electron chi connectivity index (χ3n) is 4.10. The second kappa shape index (κ2) is 8.34. The van der Waals surface area contributed by atoms with Crippen molar-refractivity contribution in [1.29, 1.82) is 0 Å². The van der Waals surface area contributed by atoms with E-state index < -0.39 is 0 Å². The van der Waals surface area contributed by atoms with E-state index >= 15 is 0 Å². The lowest BCUT2D eigenvalue weighted by Crippen LogP contribution is -2.45. The summed E-state index contributed by atoms with van der Waals surface area (Å²) in [6, 6.07) is 5.11. The topological polar surface area (TPSA) is 52.6 Å². The molecule has 122 valence electrons. The average Bonchev–Trinajstić information content (AvgIpc) is 3.36. The van der Waals surface area contributed by atoms with Gasteiger partial charge in [0.2, 0.25) is 0 Å². The molecule has 2 N–H and O–H groups in total. The molecule has 0 saturated heterocycles. The molecule has 1 aliphatic carbocycles. The molecule has 1 saturated carbocycles. The van der Waals surface area contributed by atoms with Crippen LogP contribution in [-0.4, -0.2) is 55.1 Å². The van der Waals surface area contributed by atoms with Crippen molar-refractivity contribution in [3.8, 4) is 0 Å². The summed E-state index contributed by atoms with van der Waals surface area (Å²) in [5.41, 5.74) is 1.16. The van der Waals surface area contributed by atoms with Crippen molar-refractivity contribution in [2.24, 2.45) is 4.99 Å². The SMILES string of the molecule is CN=C(NCCc1ccc(Cl)nc1)NCC(C)N(C)C1CC1. The summed E-state index contributed by atoms with van der Waals surface area (Å²) in [5, 5.41) is 7.25. The van der Waals surface area contributed by atoms with E-state index in [1.54, 1.807) is 7.05 Å². The number of pyridine rings is 1. The largest absolute Gasteiger partial charge is 0.356 e. The van der Waals surface area contributed by atoms with Crippen molar-refractivity contribution < 1.29 is 0 Å². The minimum Gasteiger partial charge on any atom is -0.356 e. The molecule has 1 aromatic heterocycles. The molecule has 2 rings (SSSR count). The number of likely N-dealkylation sites (N-methyl/N-ethyl adjacent to an activating group) is 1. The number of hydrogen-bond acceptors (Lipinski definition) is 3. The summed E-state index contributed by atoms with van der Waals surface area (Å²) in [5.74, 6) is 0.845. The highest BCUT2D eigenvalue weighted by molar-refractivity contribution is 6.29. The van der Waals surface area contributed by atoms with Crippen LogP contribution in [0, 0.1) is 0 Å². The number of guanidine groups is 1. The van der Waals surface area contributed by atoms with Gasteiger partial charge in [0.15, 0.2) is 5.96 Å². The highest BCUT2D eigenvalue weighted by Crippen LogP contribution is 2.26. The van der Waals surface area contributed by atoms with Gasteiger partial charge in [0.05, 0.1) is 0 Å². The molecule has 1 aliphatic rings. The molecule has 1 heterocycles. The Hall–Kier alpha value is -1.33. The first-order valence-corrected chi connectivity index (χ1v) is 8.25. The van der Waals surface area contributed by atoms with E-state index in [0.717, 1.165) is 37.1 Å². The van der Waals surface area contributed by atoms with Crippen molar-refractivity contribution >= 4 is 17.6 Å². The fourth-order valence-electron chi connectivity index (χ4n) is 2.33. The quantitative estimate of drug-likeness (QED) is 0.457. The Morgan fingerprint density at radius 1 is 1.45 bits per heavy atom. The van der Waals surface area contributed by atoms with E-state index in [0.29, 0.717) is 11.2 Å². The molecule has 5 nitrogen and oxygen atoms in total. The minimum atomic E-state index is 0.506. The van der Waals surface area contributed by atoms with Crippen molar-refractivity contribution in [3.63, 3.8) is 0 Å². The molecule has 1 unspecified atom stereocenters. The maximum atomic E-state index is 5.78. The minimum absolute atomic E-state index is 0.506. The van der Waals surface area contributed by atoms with E-state index in [2.05, 4.69) is 39.5 Å². The first-order chi connectivity index (χ1) is 10.6. The van der Waals surface area contributed by atoms with E-state index in [1.807, 2.05) is 18.3 Å². The third kappa shape index (κ3) is 5.46. The van der Waals surface area contributed by atoms with Crippen LogP contribution in [0.4, 0.5) is 0 Å². The van der Waals surface area contributed by atoms with Crippen molar-refractivity contribution in [3.05, 3.63) is 29.0 Å². The summed E-state index contributed by atoms with van der Waals surface area (Å²) < 4.78 is 0. The molecule has 1 aromatic rings. The number of nitrogens with one attached hydrogen (secondary N) is 2. The number of halogens is 1. The van der Waals surface area contributed by atoms with Crippen LogP contribution in [0.5, 0.6) is 0 Å². The summed E-state index contributed by atoms with van der Waals surface area (Å²) in [6.45, 7) is 3.96. The zero-order chi connectivity index (χ0) is 15.9.